The summed E-state index contributed by atoms with van der Waals surface area (Å²) < 4.78 is 1.26. The highest BCUT2D eigenvalue weighted by atomic mass is 32.1. The van der Waals surface area contributed by atoms with Crippen LogP contribution in [0.1, 0.15) is 12.6 Å². The second kappa shape index (κ2) is 2.26. The average Bonchev–Trinajstić information content (AvgIpc) is 2.15. The minimum absolute atomic E-state index is 0.529. The van der Waals surface area contributed by atoms with Gasteiger partial charge in [0.15, 0.2) is 5.82 Å². The zero-order chi connectivity index (χ0) is 6.85. The molecule has 0 aliphatic carbocycles. The Kier molecular flexibility index (Phi) is 1.61. The van der Waals surface area contributed by atoms with Gasteiger partial charge in [0.05, 0.1) is 0 Å². The van der Waals surface area contributed by atoms with Crippen molar-refractivity contribution in [1.29, 1.82) is 0 Å². The van der Waals surface area contributed by atoms with E-state index in [1.807, 2.05) is 6.92 Å². The molecule has 50 valence electrons. The van der Waals surface area contributed by atoms with Gasteiger partial charge < -0.3 is 5.73 Å². The van der Waals surface area contributed by atoms with E-state index in [-0.39, 0.29) is 0 Å². The van der Waals surface area contributed by atoms with Crippen molar-refractivity contribution < 1.29 is 0 Å². The van der Waals surface area contributed by atoms with Crippen molar-refractivity contribution in [3.8, 4) is 0 Å². The monoisotopic (exact) mass is 144 g/mol. The fourth-order valence-corrected chi connectivity index (χ4v) is 0.718. The van der Waals surface area contributed by atoms with E-state index in [4.69, 9.17) is 5.73 Å². The highest BCUT2D eigenvalue weighted by molar-refractivity contribution is 7.78. The van der Waals surface area contributed by atoms with Crippen molar-refractivity contribution in [3.05, 3.63) is 5.69 Å². The molecule has 0 aliphatic heterocycles. The Bertz CT molecular complexity index is 206. The fraction of sp³-hybridized carbons (Fsp3) is 0.500. The minimum Gasteiger partial charge on any atom is -0.382 e. The first-order valence-corrected chi connectivity index (χ1v) is 3.05. The number of nitrogens with zero attached hydrogens (tertiary/aromatic N) is 3. The molecule has 0 fully saturated rings. The van der Waals surface area contributed by atoms with Crippen molar-refractivity contribution in [3.63, 3.8) is 0 Å². The molecule has 1 aromatic heterocycles. The number of hydrogen-bond acceptors (Lipinski definition) is 4. The second-order valence-electron chi connectivity index (χ2n) is 1.66. The van der Waals surface area contributed by atoms with Crippen LogP contribution in [0, 0.1) is 0 Å². The van der Waals surface area contributed by atoms with E-state index in [1.54, 1.807) is 0 Å². The van der Waals surface area contributed by atoms with E-state index in [0.717, 1.165) is 12.1 Å². The Balaban J connectivity index is 3.04. The summed E-state index contributed by atoms with van der Waals surface area (Å²) in [6.07, 6.45) is 0.798. The second-order valence-corrected chi connectivity index (χ2v) is 2.04. The zero-order valence-corrected chi connectivity index (χ0v) is 5.97. The molecule has 9 heavy (non-hydrogen) atoms. The lowest BCUT2D eigenvalue weighted by Gasteiger charge is -1.89. The number of rotatable bonds is 1. The Morgan fingerprint density at radius 2 is 2.44 bits per heavy atom. The number of thiol groups is 1. The van der Waals surface area contributed by atoms with Gasteiger partial charge in [0, 0.05) is 0 Å². The maximum absolute atomic E-state index is 5.47. The van der Waals surface area contributed by atoms with E-state index in [1.165, 1.54) is 4.09 Å². The van der Waals surface area contributed by atoms with Crippen molar-refractivity contribution >= 4 is 18.6 Å². The Labute approximate surface area is 58.6 Å². The van der Waals surface area contributed by atoms with Gasteiger partial charge >= 0.3 is 0 Å². The maximum atomic E-state index is 5.47. The van der Waals surface area contributed by atoms with E-state index in [2.05, 4.69) is 23.1 Å². The molecular weight excluding hydrogens is 136 g/mol. The highest BCUT2D eigenvalue weighted by Gasteiger charge is 2.02. The molecule has 1 heterocycles. The van der Waals surface area contributed by atoms with Gasteiger partial charge in [-0.05, 0) is 19.2 Å². The minimum atomic E-state index is 0.529. The normalized spacial score (nSPS) is 10.0. The van der Waals surface area contributed by atoms with Gasteiger partial charge in [0.1, 0.15) is 5.69 Å². The topological polar surface area (TPSA) is 56.7 Å². The number of nitrogen functional groups attached to an aromatic ring is 1. The zero-order valence-electron chi connectivity index (χ0n) is 5.07. The lowest BCUT2D eigenvalue weighted by Crippen LogP contribution is -1.94. The van der Waals surface area contributed by atoms with E-state index in [9.17, 15) is 0 Å². The standard InChI is InChI=1S/C4H8N4S/c1-2-3-4(5)8(9)7-6-3/h9H,2,5H2,1H3. The van der Waals surface area contributed by atoms with Gasteiger partial charge in [-0.3, -0.25) is 0 Å². The van der Waals surface area contributed by atoms with Crippen LogP contribution in [0.5, 0.6) is 0 Å². The molecule has 0 amide bonds. The molecule has 0 aromatic carbocycles. The summed E-state index contributed by atoms with van der Waals surface area (Å²) in [5.74, 6) is 0.529. The van der Waals surface area contributed by atoms with Crippen LogP contribution in [0.3, 0.4) is 0 Å². The first-order chi connectivity index (χ1) is 4.25. The molecule has 0 radical (unpaired) electrons. The van der Waals surface area contributed by atoms with Crippen molar-refractivity contribution in [1.82, 2.24) is 14.4 Å². The van der Waals surface area contributed by atoms with Crippen LogP contribution in [0.15, 0.2) is 0 Å². The predicted octanol–water partition coefficient (Wildman–Crippen LogP) is 0.116. The number of aromatic nitrogens is 3. The average molecular weight is 144 g/mol. The van der Waals surface area contributed by atoms with Crippen LogP contribution in [0.2, 0.25) is 0 Å². The van der Waals surface area contributed by atoms with Crippen LogP contribution in [0.4, 0.5) is 5.82 Å². The van der Waals surface area contributed by atoms with Gasteiger partial charge in [-0.15, -0.1) is 5.10 Å². The van der Waals surface area contributed by atoms with E-state index in [0.29, 0.717) is 5.82 Å². The lowest BCUT2D eigenvalue weighted by molar-refractivity contribution is 0.879. The molecule has 1 rings (SSSR count). The summed E-state index contributed by atoms with van der Waals surface area (Å²) in [4.78, 5) is 0. The lowest BCUT2D eigenvalue weighted by atomic mass is 10.3. The molecule has 4 nitrogen and oxygen atoms in total. The molecule has 0 saturated heterocycles. The Morgan fingerprint density at radius 3 is 2.67 bits per heavy atom. The quantitative estimate of drug-likeness (QED) is 0.550. The third-order valence-electron chi connectivity index (χ3n) is 1.10. The number of aryl methyl sites for hydroxylation is 1. The Hall–Kier alpha value is -0.710. The number of anilines is 1. The summed E-state index contributed by atoms with van der Waals surface area (Å²) in [5.41, 5.74) is 6.27. The van der Waals surface area contributed by atoms with Crippen molar-refractivity contribution in [2.24, 2.45) is 0 Å². The third kappa shape index (κ3) is 0.999. The summed E-state index contributed by atoms with van der Waals surface area (Å²) >= 11 is 3.89. The van der Waals surface area contributed by atoms with Gasteiger partial charge in [0.25, 0.3) is 0 Å². The molecule has 1 aromatic rings. The third-order valence-corrected chi connectivity index (χ3v) is 1.39. The summed E-state index contributed by atoms with van der Waals surface area (Å²) in [6.45, 7) is 1.97. The van der Waals surface area contributed by atoms with Crippen LogP contribution in [-0.2, 0) is 6.42 Å². The molecular formula is C4H8N4S. The van der Waals surface area contributed by atoms with Crippen LogP contribution in [0.25, 0.3) is 0 Å². The Morgan fingerprint density at radius 1 is 1.78 bits per heavy atom. The molecule has 0 saturated carbocycles. The highest BCUT2D eigenvalue weighted by Crippen LogP contribution is 2.07. The first kappa shape index (κ1) is 6.41. The van der Waals surface area contributed by atoms with Crippen LogP contribution in [-0.4, -0.2) is 14.4 Å². The number of nitrogens with two attached hydrogens (primary N) is 1. The maximum Gasteiger partial charge on any atom is 0.157 e. The molecule has 2 N–H and O–H groups in total. The van der Waals surface area contributed by atoms with Gasteiger partial charge in [-0.1, -0.05) is 12.1 Å². The molecule has 0 aliphatic rings. The van der Waals surface area contributed by atoms with Crippen molar-refractivity contribution in [2.45, 2.75) is 13.3 Å². The largest absolute Gasteiger partial charge is 0.382 e. The summed E-state index contributed by atoms with van der Waals surface area (Å²) in [7, 11) is 0. The number of hydrogen-bond donors (Lipinski definition) is 2. The molecule has 0 spiro atoms. The molecule has 0 unspecified atom stereocenters. The van der Waals surface area contributed by atoms with E-state index < -0.39 is 0 Å². The summed E-state index contributed by atoms with van der Waals surface area (Å²) in [5, 5.41) is 7.34. The first-order valence-electron chi connectivity index (χ1n) is 2.65. The van der Waals surface area contributed by atoms with Crippen LogP contribution >= 0.6 is 12.8 Å². The van der Waals surface area contributed by atoms with Crippen LogP contribution < -0.4 is 5.73 Å². The summed E-state index contributed by atoms with van der Waals surface area (Å²) in [6, 6.07) is 0. The smallest absolute Gasteiger partial charge is 0.157 e. The fourth-order valence-electron chi connectivity index (χ4n) is 0.563. The van der Waals surface area contributed by atoms with E-state index >= 15 is 0 Å². The van der Waals surface area contributed by atoms with Gasteiger partial charge in [-0.25, -0.2) is 0 Å². The van der Waals surface area contributed by atoms with Gasteiger partial charge in [0.2, 0.25) is 0 Å². The molecule has 0 bridgehead atoms. The predicted molar refractivity (Wildman–Crippen MR) is 38.2 cm³/mol. The molecule has 0 atom stereocenters. The SMILES string of the molecule is CCc1nnn(S)c1N. The van der Waals surface area contributed by atoms with Crippen molar-refractivity contribution in [2.75, 3.05) is 5.73 Å². The van der Waals surface area contributed by atoms with Gasteiger partial charge in [-0.2, -0.15) is 4.09 Å². The molecule has 5 heteroatoms.